The minimum atomic E-state index is 0. The molecule has 0 fully saturated rings. The monoisotopic (exact) mass is 429 g/mol. The van der Waals surface area contributed by atoms with E-state index in [1.54, 1.807) is 7.11 Å². The minimum Gasteiger partial charge on any atom is -0.497 e. The molecule has 0 aliphatic rings. The lowest BCUT2D eigenvalue weighted by atomic mass is 9.99. The zero-order valence-electron chi connectivity index (χ0n) is 18.7. The Labute approximate surface area is 191 Å². The Balaban J connectivity index is 0.00000289. The van der Waals surface area contributed by atoms with E-state index in [1.165, 1.54) is 41.5 Å². The Kier molecular flexibility index (Phi) is 7.68. The van der Waals surface area contributed by atoms with E-state index >= 15 is 0 Å². The highest BCUT2D eigenvalue weighted by molar-refractivity contribution is 6.08. The van der Waals surface area contributed by atoms with Gasteiger partial charge in [0.1, 0.15) is 11.3 Å². The highest BCUT2D eigenvalue weighted by Gasteiger charge is 2.10. The number of nitrogens with zero attached hydrogens (tertiary/aromatic N) is 2. The number of aryl methyl sites for hydroxylation is 4. The zero-order valence-corrected chi connectivity index (χ0v) is 18.7. The summed E-state index contributed by atoms with van der Waals surface area (Å²) in [7, 11) is 1.70. The summed E-state index contributed by atoms with van der Waals surface area (Å²) in [5.41, 5.74) is 13.1. The number of nitrogens with two attached hydrogens (primary N) is 1. The number of pyridine rings is 2. The van der Waals surface area contributed by atoms with Crippen molar-refractivity contribution in [2.75, 3.05) is 12.8 Å². The van der Waals surface area contributed by atoms with E-state index < -0.39 is 0 Å². The van der Waals surface area contributed by atoms with Crippen LogP contribution in [0, 0.1) is 6.92 Å². The summed E-state index contributed by atoms with van der Waals surface area (Å²) in [4.78, 5) is 9.32. The number of nitrogen functional groups attached to an aromatic ring is 1. The van der Waals surface area contributed by atoms with Gasteiger partial charge in [-0.1, -0.05) is 45.4 Å². The highest BCUT2D eigenvalue weighted by atomic mass is 16.5. The van der Waals surface area contributed by atoms with Crippen LogP contribution in [-0.2, 0) is 19.3 Å². The van der Waals surface area contributed by atoms with E-state index in [1.807, 2.05) is 12.3 Å². The molecule has 4 rings (SSSR count). The van der Waals surface area contributed by atoms with Crippen LogP contribution in [-0.4, -0.2) is 17.1 Å². The van der Waals surface area contributed by atoms with Crippen LogP contribution < -0.4 is 10.5 Å². The molecule has 2 heterocycles. The summed E-state index contributed by atoms with van der Waals surface area (Å²) in [5.74, 6) is 1.41. The first-order valence-corrected chi connectivity index (χ1v) is 11.2. The number of hydrogen-bond acceptors (Lipinski definition) is 4. The molecule has 0 bridgehead atoms. The largest absolute Gasteiger partial charge is 0.497 e. The van der Waals surface area contributed by atoms with E-state index in [0.29, 0.717) is 5.82 Å². The van der Waals surface area contributed by atoms with Crippen molar-refractivity contribution >= 4 is 27.6 Å². The number of fused-ring (bicyclic) bond motifs is 3. The van der Waals surface area contributed by atoms with Gasteiger partial charge in [0.15, 0.2) is 5.82 Å². The molecule has 0 spiro atoms. The fourth-order valence-electron chi connectivity index (χ4n) is 4.22. The molecule has 2 aromatic carbocycles. The van der Waals surface area contributed by atoms with Crippen LogP contribution in [0.4, 0.5) is 5.82 Å². The lowest BCUT2D eigenvalue weighted by molar-refractivity contribution is 0.414. The first-order valence-electron chi connectivity index (χ1n) is 11.2. The number of rotatable bonds is 8. The Morgan fingerprint density at radius 1 is 0.906 bits per heavy atom. The predicted octanol–water partition coefficient (Wildman–Crippen LogP) is 6.84. The van der Waals surface area contributed by atoms with Gasteiger partial charge in [0, 0.05) is 17.0 Å². The number of benzene rings is 2. The molecule has 0 unspecified atom stereocenters. The molecule has 4 aromatic rings. The van der Waals surface area contributed by atoms with Crippen molar-refractivity contribution in [3.63, 3.8) is 0 Å². The number of hydrogen-bond donors (Lipinski definition) is 1. The fourth-order valence-corrected chi connectivity index (χ4v) is 4.22. The quantitative estimate of drug-likeness (QED) is 0.246. The van der Waals surface area contributed by atoms with Crippen LogP contribution in [0.15, 0.2) is 48.7 Å². The topological polar surface area (TPSA) is 61.0 Å². The van der Waals surface area contributed by atoms with Crippen molar-refractivity contribution in [1.29, 1.82) is 0 Å². The maximum atomic E-state index is 6.27. The number of methoxy groups -OCH3 is 1. The molecular formula is C28H35N3O. The molecule has 4 nitrogen and oxygen atoms in total. The zero-order chi connectivity index (χ0) is 21.8. The van der Waals surface area contributed by atoms with Crippen molar-refractivity contribution in [3.05, 3.63) is 70.9 Å². The average molecular weight is 430 g/mol. The maximum Gasteiger partial charge on any atom is 0.150 e. The van der Waals surface area contributed by atoms with Crippen molar-refractivity contribution in [3.8, 4) is 5.75 Å². The van der Waals surface area contributed by atoms with Crippen LogP contribution in [0.2, 0.25) is 0 Å². The smallest absolute Gasteiger partial charge is 0.150 e. The maximum absolute atomic E-state index is 6.27. The summed E-state index contributed by atoms with van der Waals surface area (Å²) in [6, 6.07) is 15.1. The van der Waals surface area contributed by atoms with Crippen molar-refractivity contribution in [2.45, 2.75) is 59.8 Å². The van der Waals surface area contributed by atoms with Gasteiger partial charge in [-0.3, -0.25) is 4.98 Å². The van der Waals surface area contributed by atoms with E-state index in [9.17, 15) is 0 Å². The normalized spacial score (nSPS) is 11.0. The Morgan fingerprint density at radius 3 is 2.50 bits per heavy atom. The molecular weight excluding hydrogens is 394 g/mol. The van der Waals surface area contributed by atoms with Gasteiger partial charge in [-0.25, -0.2) is 4.98 Å². The van der Waals surface area contributed by atoms with Gasteiger partial charge in [0.2, 0.25) is 0 Å². The molecule has 0 aliphatic carbocycles. The third-order valence-corrected chi connectivity index (χ3v) is 6.08. The number of unbranched alkanes of at least 4 members (excludes halogenated alkanes) is 2. The lowest BCUT2D eigenvalue weighted by Crippen LogP contribution is -1.99. The van der Waals surface area contributed by atoms with Gasteiger partial charge in [-0.2, -0.15) is 0 Å². The average Bonchev–Trinajstić information content (AvgIpc) is 2.78. The van der Waals surface area contributed by atoms with E-state index in [-0.39, 0.29) is 7.43 Å². The molecule has 2 N–H and O–H groups in total. The van der Waals surface area contributed by atoms with Gasteiger partial charge in [-0.15, -0.1) is 0 Å². The van der Waals surface area contributed by atoms with E-state index in [4.69, 9.17) is 10.5 Å². The van der Waals surface area contributed by atoms with Gasteiger partial charge >= 0.3 is 0 Å². The van der Waals surface area contributed by atoms with Crippen LogP contribution in [0.1, 0.15) is 55.9 Å². The SMILES string of the molecule is C.CCCCCc1ccc2c(c1)nc(N)c1ncc(CCc3ccc(OC)cc3C)cc12. The predicted molar refractivity (Wildman–Crippen MR) is 137 cm³/mol. The van der Waals surface area contributed by atoms with E-state index in [0.717, 1.165) is 46.8 Å². The first-order chi connectivity index (χ1) is 15.1. The highest BCUT2D eigenvalue weighted by Crippen LogP contribution is 2.29. The molecule has 2 aromatic heterocycles. The van der Waals surface area contributed by atoms with Crippen molar-refractivity contribution in [1.82, 2.24) is 9.97 Å². The summed E-state index contributed by atoms with van der Waals surface area (Å²) in [6.07, 6.45) is 8.60. The third kappa shape index (κ3) is 5.01. The van der Waals surface area contributed by atoms with Crippen LogP contribution in [0.5, 0.6) is 5.75 Å². The molecule has 0 atom stereocenters. The molecule has 0 radical (unpaired) electrons. The summed E-state index contributed by atoms with van der Waals surface area (Å²) >= 11 is 0. The molecule has 0 amide bonds. The Hall–Kier alpha value is -3.14. The first kappa shape index (κ1) is 23.5. The lowest BCUT2D eigenvalue weighted by Gasteiger charge is -2.11. The van der Waals surface area contributed by atoms with Crippen molar-refractivity contribution in [2.24, 2.45) is 0 Å². The molecule has 0 aliphatic heterocycles. The second-order valence-electron chi connectivity index (χ2n) is 8.34. The summed E-state index contributed by atoms with van der Waals surface area (Å²) in [5, 5.41) is 2.21. The molecule has 0 saturated heterocycles. The number of ether oxygens (including phenoxy) is 1. The van der Waals surface area contributed by atoms with Crippen molar-refractivity contribution < 1.29 is 4.74 Å². The van der Waals surface area contributed by atoms with E-state index in [2.05, 4.69) is 60.2 Å². The molecule has 0 saturated carbocycles. The van der Waals surface area contributed by atoms with Gasteiger partial charge < -0.3 is 10.5 Å². The molecule has 4 heteroatoms. The van der Waals surface area contributed by atoms with Crippen LogP contribution in [0.3, 0.4) is 0 Å². The van der Waals surface area contributed by atoms with Gasteiger partial charge in [0.05, 0.1) is 12.6 Å². The summed E-state index contributed by atoms with van der Waals surface area (Å²) < 4.78 is 5.32. The van der Waals surface area contributed by atoms with Crippen LogP contribution in [0.25, 0.3) is 21.8 Å². The summed E-state index contributed by atoms with van der Waals surface area (Å²) in [6.45, 7) is 4.36. The minimum absolute atomic E-state index is 0. The van der Waals surface area contributed by atoms with Crippen LogP contribution >= 0.6 is 0 Å². The van der Waals surface area contributed by atoms with Gasteiger partial charge in [-0.05, 0) is 79.1 Å². The Morgan fingerprint density at radius 2 is 1.75 bits per heavy atom. The Bertz CT molecular complexity index is 1220. The number of anilines is 1. The molecule has 168 valence electrons. The standard InChI is InChI=1S/C27H31N3O.CH4/c1-4-5-6-7-19-9-13-23-24-15-20(17-29-26(24)27(28)30-25(23)16-19)8-10-21-11-12-22(31-3)14-18(21)2;/h9,11-17H,4-8,10H2,1-3H3,(H2,28,30);1H4. The fraction of sp³-hybridized carbons (Fsp3) is 0.357. The molecule has 32 heavy (non-hydrogen) atoms. The second kappa shape index (κ2) is 10.4. The van der Waals surface area contributed by atoms with Gasteiger partial charge in [0.25, 0.3) is 0 Å². The second-order valence-corrected chi connectivity index (χ2v) is 8.34. The third-order valence-electron chi connectivity index (χ3n) is 6.08. The number of aromatic nitrogens is 2.